The maximum absolute atomic E-state index is 13.1. The van der Waals surface area contributed by atoms with Crippen LogP contribution in [0, 0.1) is 6.92 Å². The van der Waals surface area contributed by atoms with E-state index in [1.807, 2.05) is 37.3 Å². The van der Waals surface area contributed by atoms with Crippen LogP contribution in [-0.4, -0.2) is 20.6 Å². The largest absolute Gasteiger partial charge is 0.490 e. The molecule has 1 fully saturated rings. The van der Waals surface area contributed by atoms with E-state index in [4.69, 9.17) is 4.74 Å². The fourth-order valence-electron chi connectivity index (χ4n) is 3.70. The Morgan fingerprint density at radius 1 is 1.11 bits per heavy atom. The van der Waals surface area contributed by atoms with E-state index in [0.717, 1.165) is 40.1 Å². The molecule has 1 saturated carbocycles. The van der Waals surface area contributed by atoms with Crippen molar-refractivity contribution in [1.29, 1.82) is 0 Å². The van der Waals surface area contributed by atoms with E-state index in [9.17, 15) is 4.79 Å². The molecule has 3 heterocycles. The molecule has 0 aliphatic heterocycles. The van der Waals surface area contributed by atoms with Crippen LogP contribution >= 0.6 is 11.3 Å². The molecule has 5 rings (SSSR count). The Balaban J connectivity index is 1.68. The molecule has 0 radical (unpaired) electrons. The average molecular weight is 377 g/mol. The van der Waals surface area contributed by atoms with Crippen LogP contribution in [0.3, 0.4) is 0 Å². The molecule has 0 saturated heterocycles. The Kier molecular flexibility index (Phi) is 3.93. The van der Waals surface area contributed by atoms with E-state index >= 15 is 0 Å². The zero-order chi connectivity index (χ0) is 18.4. The number of hydrogen-bond acceptors (Lipinski definition) is 5. The van der Waals surface area contributed by atoms with Gasteiger partial charge in [-0.3, -0.25) is 9.36 Å². The summed E-state index contributed by atoms with van der Waals surface area (Å²) in [6, 6.07) is 9.74. The highest BCUT2D eigenvalue weighted by molar-refractivity contribution is 7.25. The van der Waals surface area contributed by atoms with Crippen LogP contribution in [0.1, 0.15) is 31.2 Å². The van der Waals surface area contributed by atoms with Crippen molar-refractivity contribution in [3.05, 3.63) is 58.8 Å². The predicted octanol–water partition coefficient (Wildman–Crippen LogP) is 4.63. The second-order valence-corrected chi connectivity index (χ2v) is 8.05. The molecule has 3 aromatic heterocycles. The van der Waals surface area contributed by atoms with Gasteiger partial charge in [0.2, 0.25) is 0 Å². The number of thiophene rings is 1. The molecule has 6 heteroatoms. The molecule has 1 aliphatic carbocycles. The van der Waals surface area contributed by atoms with Gasteiger partial charge in [-0.05, 0) is 50.8 Å². The van der Waals surface area contributed by atoms with Gasteiger partial charge in [0, 0.05) is 6.20 Å². The SMILES string of the molecule is Cc1ccc(-n2cnc3c(sc4nccc(OC5CCCC5)c43)c2=O)cc1. The summed E-state index contributed by atoms with van der Waals surface area (Å²) in [5, 5.41) is 0.859. The zero-order valence-corrected chi connectivity index (χ0v) is 15.8. The van der Waals surface area contributed by atoms with E-state index in [-0.39, 0.29) is 11.7 Å². The summed E-state index contributed by atoms with van der Waals surface area (Å²) < 4.78 is 8.45. The normalized spacial score (nSPS) is 15.0. The van der Waals surface area contributed by atoms with E-state index in [1.54, 1.807) is 17.1 Å². The summed E-state index contributed by atoms with van der Waals surface area (Å²) >= 11 is 1.39. The highest BCUT2D eigenvalue weighted by Crippen LogP contribution is 2.37. The van der Waals surface area contributed by atoms with E-state index in [2.05, 4.69) is 9.97 Å². The zero-order valence-electron chi connectivity index (χ0n) is 15.0. The molecule has 5 nitrogen and oxygen atoms in total. The maximum atomic E-state index is 13.1. The Morgan fingerprint density at radius 3 is 2.67 bits per heavy atom. The van der Waals surface area contributed by atoms with Crippen molar-refractivity contribution in [3.8, 4) is 11.4 Å². The molecular weight excluding hydrogens is 358 g/mol. The highest BCUT2D eigenvalue weighted by atomic mass is 32.1. The molecule has 0 N–H and O–H groups in total. The van der Waals surface area contributed by atoms with Gasteiger partial charge in [-0.15, -0.1) is 11.3 Å². The van der Waals surface area contributed by atoms with Crippen molar-refractivity contribution in [2.24, 2.45) is 0 Å². The van der Waals surface area contributed by atoms with Crippen LogP contribution in [0.2, 0.25) is 0 Å². The van der Waals surface area contributed by atoms with Gasteiger partial charge in [-0.1, -0.05) is 17.7 Å². The quantitative estimate of drug-likeness (QED) is 0.522. The molecule has 27 heavy (non-hydrogen) atoms. The fraction of sp³-hybridized carbons (Fsp3) is 0.286. The number of nitrogens with zero attached hydrogens (tertiary/aromatic N) is 3. The van der Waals surface area contributed by atoms with E-state index in [1.165, 1.54) is 24.2 Å². The first-order valence-corrected chi connectivity index (χ1v) is 10.0. The third kappa shape index (κ3) is 2.80. The lowest BCUT2D eigenvalue weighted by Gasteiger charge is -2.13. The first kappa shape index (κ1) is 16.4. The first-order chi connectivity index (χ1) is 13.2. The van der Waals surface area contributed by atoms with Crippen LogP contribution in [-0.2, 0) is 0 Å². The number of fused-ring (bicyclic) bond motifs is 3. The summed E-state index contributed by atoms with van der Waals surface area (Å²) in [5.41, 5.74) is 2.58. The topological polar surface area (TPSA) is 57.0 Å². The first-order valence-electron chi connectivity index (χ1n) is 9.23. The molecule has 136 valence electrons. The number of ether oxygens (including phenoxy) is 1. The Hall–Kier alpha value is -2.73. The molecule has 0 atom stereocenters. The molecule has 1 aromatic carbocycles. The molecule has 0 bridgehead atoms. The van der Waals surface area contributed by atoms with Crippen molar-refractivity contribution >= 4 is 31.8 Å². The van der Waals surface area contributed by atoms with Gasteiger partial charge in [0.25, 0.3) is 5.56 Å². The number of rotatable bonds is 3. The standard InChI is InChI=1S/C21H19N3O2S/c1-13-6-8-14(9-7-13)24-12-23-18-17-16(26-15-4-2-3-5-15)10-11-22-20(17)27-19(18)21(24)25/h6-12,15H,2-5H2,1H3. The molecule has 4 aromatic rings. The monoisotopic (exact) mass is 377 g/mol. The van der Waals surface area contributed by atoms with Crippen molar-refractivity contribution in [2.75, 3.05) is 0 Å². The van der Waals surface area contributed by atoms with Gasteiger partial charge < -0.3 is 4.74 Å². The van der Waals surface area contributed by atoms with E-state index in [0.29, 0.717) is 10.2 Å². The Bertz CT molecular complexity index is 1190. The lowest BCUT2D eigenvalue weighted by Crippen LogP contribution is -2.17. The summed E-state index contributed by atoms with van der Waals surface area (Å²) in [4.78, 5) is 23.0. The van der Waals surface area contributed by atoms with Crippen molar-refractivity contribution < 1.29 is 4.74 Å². The van der Waals surface area contributed by atoms with Crippen LogP contribution in [0.15, 0.2) is 47.7 Å². The number of hydrogen-bond donors (Lipinski definition) is 0. The van der Waals surface area contributed by atoms with Crippen molar-refractivity contribution in [1.82, 2.24) is 14.5 Å². The minimum absolute atomic E-state index is 0.0707. The molecule has 0 unspecified atom stereocenters. The summed E-state index contributed by atoms with van der Waals surface area (Å²) in [6.07, 6.45) is 8.19. The average Bonchev–Trinajstić information content (AvgIpc) is 3.31. The number of benzene rings is 1. The third-order valence-electron chi connectivity index (χ3n) is 5.15. The highest BCUT2D eigenvalue weighted by Gasteiger charge is 2.21. The Labute approximate surface area is 160 Å². The lowest BCUT2D eigenvalue weighted by molar-refractivity contribution is 0.213. The van der Waals surface area contributed by atoms with Crippen LogP contribution in [0.25, 0.3) is 26.1 Å². The minimum Gasteiger partial charge on any atom is -0.490 e. The fourth-order valence-corrected chi connectivity index (χ4v) is 4.74. The van der Waals surface area contributed by atoms with Gasteiger partial charge in [0.1, 0.15) is 27.1 Å². The van der Waals surface area contributed by atoms with Crippen LogP contribution in [0.4, 0.5) is 0 Å². The molecule has 1 aliphatic rings. The second kappa shape index (κ2) is 6.46. The molecule has 0 spiro atoms. The van der Waals surface area contributed by atoms with Gasteiger partial charge in [-0.25, -0.2) is 9.97 Å². The Morgan fingerprint density at radius 2 is 1.89 bits per heavy atom. The summed E-state index contributed by atoms with van der Waals surface area (Å²) in [5.74, 6) is 0.790. The maximum Gasteiger partial charge on any atom is 0.275 e. The van der Waals surface area contributed by atoms with Crippen LogP contribution in [0.5, 0.6) is 5.75 Å². The summed E-state index contributed by atoms with van der Waals surface area (Å²) in [6.45, 7) is 2.03. The second-order valence-electron chi connectivity index (χ2n) is 7.05. The van der Waals surface area contributed by atoms with Crippen LogP contribution < -0.4 is 10.3 Å². The molecule has 0 amide bonds. The summed E-state index contributed by atoms with van der Waals surface area (Å²) in [7, 11) is 0. The van der Waals surface area contributed by atoms with E-state index < -0.39 is 0 Å². The number of pyridine rings is 1. The minimum atomic E-state index is -0.0707. The smallest absolute Gasteiger partial charge is 0.275 e. The van der Waals surface area contributed by atoms with Gasteiger partial charge in [0.05, 0.1) is 17.2 Å². The lowest BCUT2D eigenvalue weighted by atomic mass is 10.2. The number of aromatic nitrogens is 3. The van der Waals surface area contributed by atoms with Gasteiger partial charge in [0.15, 0.2) is 0 Å². The predicted molar refractivity (Wildman–Crippen MR) is 108 cm³/mol. The van der Waals surface area contributed by atoms with Crippen molar-refractivity contribution in [3.63, 3.8) is 0 Å². The third-order valence-corrected chi connectivity index (χ3v) is 6.23. The number of aryl methyl sites for hydroxylation is 1. The molecular formula is C21H19N3O2S. The van der Waals surface area contributed by atoms with Crippen molar-refractivity contribution in [2.45, 2.75) is 38.7 Å². The van der Waals surface area contributed by atoms with Gasteiger partial charge >= 0.3 is 0 Å². The van der Waals surface area contributed by atoms with Gasteiger partial charge in [-0.2, -0.15) is 0 Å².